The SMILES string of the molecule is C[C@@H](Cn1c(=O)n(-c2ccc(Oc3ccccc3)cc2)c2c(N)ncnc21)NC(=O)/C(C#N)=C/C(C)(C)N1CCC(O)CC1. The first kappa shape index (κ1) is 30.5. The van der Waals surface area contributed by atoms with E-state index in [1.807, 2.05) is 50.2 Å². The van der Waals surface area contributed by atoms with Gasteiger partial charge in [-0.2, -0.15) is 5.26 Å². The third-order valence-corrected chi connectivity index (χ3v) is 7.78. The molecule has 1 atom stereocenters. The number of nitriles is 1. The Labute approximate surface area is 255 Å². The first-order valence-electron chi connectivity index (χ1n) is 14.5. The molecule has 2 aromatic heterocycles. The first-order chi connectivity index (χ1) is 21.1. The summed E-state index contributed by atoms with van der Waals surface area (Å²) in [4.78, 5) is 37.5. The number of nitrogens with one attached hydrogen (secondary N) is 1. The maximum atomic E-state index is 13.8. The molecule has 0 saturated carbocycles. The molecule has 0 bridgehead atoms. The van der Waals surface area contributed by atoms with Crippen LogP contribution >= 0.6 is 0 Å². The number of carbonyl (C=O) groups excluding carboxylic acids is 1. The van der Waals surface area contributed by atoms with Crippen LogP contribution in [0.15, 0.2) is 77.4 Å². The molecule has 1 aliphatic rings. The molecule has 0 unspecified atom stereocenters. The number of nitrogens with zero attached hydrogens (tertiary/aromatic N) is 6. The number of benzene rings is 2. The van der Waals surface area contributed by atoms with Crippen molar-refractivity contribution in [3.8, 4) is 23.3 Å². The molecule has 0 aliphatic carbocycles. The molecule has 0 radical (unpaired) electrons. The zero-order valence-electron chi connectivity index (χ0n) is 25.0. The number of hydrogen-bond acceptors (Lipinski definition) is 9. The molecule has 3 heterocycles. The molecule has 4 aromatic rings. The number of aromatic nitrogens is 4. The summed E-state index contributed by atoms with van der Waals surface area (Å²) >= 11 is 0. The highest BCUT2D eigenvalue weighted by molar-refractivity contribution is 5.97. The maximum absolute atomic E-state index is 13.8. The molecular formula is C32H36N8O4. The fraction of sp³-hybridized carbons (Fsp3) is 0.344. The first-order valence-corrected chi connectivity index (χ1v) is 14.5. The molecule has 2 aromatic carbocycles. The largest absolute Gasteiger partial charge is 0.457 e. The Morgan fingerprint density at radius 1 is 1.16 bits per heavy atom. The fourth-order valence-electron chi connectivity index (χ4n) is 5.45. The lowest BCUT2D eigenvalue weighted by Gasteiger charge is -2.40. The zero-order valence-corrected chi connectivity index (χ0v) is 25.0. The lowest BCUT2D eigenvalue weighted by atomic mass is 9.95. The summed E-state index contributed by atoms with van der Waals surface area (Å²) in [6.45, 7) is 7.05. The van der Waals surface area contributed by atoms with Crippen molar-refractivity contribution in [3.05, 3.63) is 83.1 Å². The van der Waals surface area contributed by atoms with Crippen LogP contribution in [0, 0.1) is 11.3 Å². The number of carbonyl (C=O) groups is 1. The molecule has 1 aliphatic heterocycles. The molecule has 1 saturated heterocycles. The summed E-state index contributed by atoms with van der Waals surface area (Å²) < 4.78 is 8.75. The second kappa shape index (κ2) is 12.7. The number of aliphatic hydroxyl groups excluding tert-OH is 1. The second-order valence-electron chi connectivity index (χ2n) is 11.5. The van der Waals surface area contributed by atoms with Crippen molar-refractivity contribution < 1.29 is 14.6 Å². The molecule has 1 fully saturated rings. The minimum atomic E-state index is -0.563. The van der Waals surface area contributed by atoms with Crippen LogP contribution in [-0.2, 0) is 11.3 Å². The van der Waals surface area contributed by atoms with Gasteiger partial charge in [0.1, 0.15) is 35.0 Å². The second-order valence-corrected chi connectivity index (χ2v) is 11.5. The van der Waals surface area contributed by atoms with E-state index < -0.39 is 23.2 Å². The van der Waals surface area contributed by atoms with Gasteiger partial charge < -0.3 is 20.9 Å². The third-order valence-electron chi connectivity index (χ3n) is 7.78. The standard InChI is InChI=1S/C32H36N8O4/c1-21(37-30(42)22(18-33)17-32(2,3)38-15-13-24(41)14-16-38)19-39-29-27(28(34)35-20-36-29)40(31(39)43)23-9-11-26(12-10-23)44-25-7-5-4-6-8-25/h4-12,17,20-21,24,41H,13-16,19H2,1-3H3,(H,37,42)(H2,34,35,36)/b22-17+/t21-/m0/s1. The number of aliphatic hydroxyl groups is 1. The van der Waals surface area contributed by atoms with E-state index in [4.69, 9.17) is 10.5 Å². The summed E-state index contributed by atoms with van der Waals surface area (Å²) in [6.07, 6.45) is 3.91. The molecule has 228 valence electrons. The Morgan fingerprint density at radius 3 is 2.48 bits per heavy atom. The van der Waals surface area contributed by atoms with Gasteiger partial charge in [-0.05, 0) is 76.1 Å². The van der Waals surface area contributed by atoms with Crippen molar-refractivity contribution in [2.75, 3.05) is 18.8 Å². The van der Waals surface area contributed by atoms with Gasteiger partial charge in [-0.1, -0.05) is 18.2 Å². The Morgan fingerprint density at radius 2 is 1.82 bits per heavy atom. The molecule has 5 rings (SSSR count). The van der Waals surface area contributed by atoms with Crippen LogP contribution in [0.2, 0.25) is 0 Å². The van der Waals surface area contributed by atoms with E-state index >= 15 is 0 Å². The lowest BCUT2D eigenvalue weighted by Crippen LogP contribution is -2.48. The molecule has 4 N–H and O–H groups in total. The molecule has 44 heavy (non-hydrogen) atoms. The monoisotopic (exact) mass is 596 g/mol. The number of nitrogen functional groups attached to an aromatic ring is 1. The van der Waals surface area contributed by atoms with E-state index in [1.54, 1.807) is 37.3 Å². The van der Waals surface area contributed by atoms with Gasteiger partial charge in [0.2, 0.25) is 0 Å². The van der Waals surface area contributed by atoms with E-state index in [2.05, 4.69) is 20.2 Å². The van der Waals surface area contributed by atoms with Crippen LogP contribution in [0.3, 0.4) is 0 Å². The van der Waals surface area contributed by atoms with Crippen LogP contribution in [0.5, 0.6) is 11.5 Å². The summed E-state index contributed by atoms with van der Waals surface area (Å²) in [5.74, 6) is 0.881. The average molecular weight is 597 g/mol. The van der Waals surface area contributed by atoms with E-state index in [0.29, 0.717) is 54.3 Å². The van der Waals surface area contributed by atoms with Crippen LogP contribution in [-0.4, -0.2) is 65.8 Å². The number of fused-ring (bicyclic) bond motifs is 1. The Hall–Kier alpha value is -4.99. The molecule has 12 heteroatoms. The van der Waals surface area contributed by atoms with Gasteiger partial charge in [0.25, 0.3) is 5.91 Å². The Balaban J connectivity index is 1.37. The molecule has 1 amide bonds. The van der Waals surface area contributed by atoms with Gasteiger partial charge >= 0.3 is 5.69 Å². The van der Waals surface area contributed by atoms with E-state index in [1.165, 1.54) is 15.5 Å². The lowest BCUT2D eigenvalue weighted by molar-refractivity contribution is -0.117. The number of piperidine rings is 1. The summed E-state index contributed by atoms with van der Waals surface area (Å²) in [6, 6.07) is 17.8. The maximum Gasteiger partial charge on any atom is 0.335 e. The van der Waals surface area contributed by atoms with E-state index in [-0.39, 0.29) is 24.0 Å². The van der Waals surface area contributed by atoms with Crippen molar-refractivity contribution in [3.63, 3.8) is 0 Å². The normalized spacial score (nSPS) is 15.6. The predicted molar refractivity (Wildman–Crippen MR) is 166 cm³/mol. The molecule has 12 nitrogen and oxygen atoms in total. The number of nitrogens with two attached hydrogens (primary N) is 1. The highest BCUT2D eigenvalue weighted by atomic mass is 16.5. The number of imidazole rings is 1. The smallest absolute Gasteiger partial charge is 0.335 e. The number of amides is 1. The van der Waals surface area contributed by atoms with Crippen molar-refractivity contribution in [2.45, 2.75) is 57.8 Å². The van der Waals surface area contributed by atoms with Gasteiger partial charge in [-0.15, -0.1) is 0 Å². The number of para-hydroxylation sites is 1. The van der Waals surface area contributed by atoms with Gasteiger partial charge in [0, 0.05) is 31.2 Å². The number of anilines is 1. The van der Waals surface area contributed by atoms with E-state index in [0.717, 1.165) is 0 Å². The minimum absolute atomic E-state index is 0.0212. The number of rotatable bonds is 9. The van der Waals surface area contributed by atoms with Crippen molar-refractivity contribution in [1.29, 1.82) is 5.26 Å². The van der Waals surface area contributed by atoms with Gasteiger partial charge in [-0.25, -0.2) is 14.8 Å². The van der Waals surface area contributed by atoms with Crippen LogP contribution < -0.4 is 21.5 Å². The number of ether oxygens (including phenoxy) is 1. The van der Waals surface area contributed by atoms with Crippen molar-refractivity contribution in [2.24, 2.45) is 0 Å². The zero-order chi connectivity index (χ0) is 31.4. The Kier molecular flexibility index (Phi) is 8.80. The molecular weight excluding hydrogens is 560 g/mol. The molecule has 0 spiro atoms. The third kappa shape index (κ3) is 6.49. The Bertz CT molecular complexity index is 1760. The summed E-state index contributed by atoms with van der Waals surface area (Å²) in [5.41, 5.74) is 6.44. The summed E-state index contributed by atoms with van der Waals surface area (Å²) in [7, 11) is 0. The highest BCUT2D eigenvalue weighted by Gasteiger charge is 2.30. The van der Waals surface area contributed by atoms with Crippen LogP contribution in [0.25, 0.3) is 16.9 Å². The number of likely N-dealkylation sites (tertiary alicyclic amines) is 1. The van der Waals surface area contributed by atoms with Crippen molar-refractivity contribution >= 4 is 22.9 Å². The highest BCUT2D eigenvalue weighted by Crippen LogP contribution is 2.26. The van der Waals surface area contributed by atoms with Gasteiger partial charge in [0.05, 0.1) is 11.8 Å². The van der Waals surface area contributed by atoms with Crippen LogP contribution in [0.1, 0.15) is 33.6 Å². The quantitative estimate of drug-likeness (QED) is 0.194. The van der Waals surface area contributed by atoms with Crippen LogP contribution in [0.4, 0.5) is 5.82 Å². The van der Waals surface area contributed by atoms with Gasteiger partial charge in [-0.3, -0.25) is 18.8 Å². The van der Waals surface area contributed by atoms with E-state index in [9.17, 15) is 20.0 Å². The minimum Gasteiger partial charge on any atom is -0.457 e. The average Bonchev–Trinajstić information content (AvgIpc) is 3.28. The van der Waals surface area contributed by atoms with Crippen molar-refractivity contribution in [1.82, 2.24) is 29.3 Å². The topological polar surface area (TPSA) is 164 Å². The fourth-order valence-corrected chi connectivity index (χ4v) is 5.45. The summed E-state index contributed by atoms with van der Waals surface area (Å²) in [5, 5.41) is 22.5. The predicted octanol–water partition coefficient (Wildman–Crippen LogP) is 3.15. The van der Waals surface area contributed by atoms with Gasteiger partial charge in [0.15, 0.2) is 11.5 Å². The number of hydrogen-bond donors (Lipinski definition) is 3.